The normalized spacial score (nSPS) is 12.4. The number of carbonyl (C=O) groups is 2. The van der Waals surface area contributed by atoms with E-state index in [1.54, 1.807) is 6.92 Å². The molecule has 3 rings (SSSR count). The number of amides is 2. The van der Waals surface area contributed by atoms with Crippen LogP contribution in [-0.2, 0) is 26.2 Å². The zero-order valence-corrected chi connectivity index (χ0v) is 25.9. The van der Waals surface area contributed by atoms with Crippen molar-refractivity contribution in [3.8, 4) is 5.75 Å². The molecular weight excluding hydrogens is 557 g/mol. The third kappa shape index (κ3) is 8.55. The highest BCUT2D eigenvalue weighted by atomic mass is 32.2. The SMILES string of the molecule is CCOc1ccc(S(=O)(=O)N(CC(=O)N(Cc2cccc(C)c2)[C@H](CC)C(=O)NC(C)(C)C)c2ccc(F)cc2)cc1. The average molecular weight is 598 g/mol. The van der Waals surface area contributed by atoms with Crippen LogP contribution < -0.4 is 14.4 Å². The van der Waals surface area contributed by atoms with Crippen molar-refractivity contribution in [3.63, 3.8) is 0 Å². The molecule has 0 heterocycles. The van der Waals surface area contributed by atoms with Gasteiger partial charge in [0.1, 0.15) is 24.2 Å². The van der Waals surface area contributed by atoms with E-state index in [1.807, 2.05) is 58.9 Å². The highest BCUT2D eigenvalue weighted by Gasteiger charge is 2.34. The van der Waals surface area contributed by atoms with Gasteiger partial charge in [0.15, 0.2) is 0 Å². The lowest BCUT2D eigenvalue weighted by atomic mass is 10.0. The predicted molar refractivity (Wildman–Crippen MR) is 162 cm³/mol. The van der Waals surface area contributed by atoms with Crippen LogP contribution in [0.5, 0.6) is 5.75 Å². The van der Waals surface area contributed by atoms with Crippen LogP contribution >= 0.6 is 0 Å². The van der Waals surface area contributed by atoms with Gasteiger partial charge in [-0.25, -0.2) is 12.8 Å². The minimum absolute atomic E-state index is 0.0640. The molecule has 0 saturated heterocycles. The standard InChI is InChI=1S/C32H40FN3O5S/c1-7-29(31(38)34-32(4,5)6)35(21-24-11-9-10-23(3)20-24)30(37)22-36(26-14-12-25(33)13-15-26)42(39,40)28-18-16-27(17-19-28)41-8-2/h9-20,29H,7-8,21-22H2,1-6H3,(H,34,38)/t29-/m1/s1. The Balaban J connectivity index is 2.06. The van der Waals surface area contributed by atoms with E-state index in [9.17, 15) is 22.4 Å². The molecule has 0 saturated carbocycles. The predicted octanol–water partition coefficient (Wildman–Crippen LogP) is 5.45. The van der Waals surface area contributed by atoms with Gasteiger partial charge in [-0.05, 0) is 95.1 Å². The van der Waals surface area contributed by atoms with Crippen LogP contribution in [0.25, 0.3) is 0 Å². The van der Waals surface area contributed by atoms with Crippen LogP contribution in [0.1, 0.15) is 52.2 Å². The number of hydrogen-bond donors (Lipinski definition) is 1. The quantitative estimate of drug-likeness (QED) is 0.300. The summed E-state index contributed by atoms with van der Waals surface area (Å²) < 4.78 is 48.1. The summed E-state index contributed by atoms with van der Waals surface area (Å²) >= 11 is 0. The lowest BCUT2D eigenvalue weighted by Gasteiger charge is -2.34. The number of ether oxygens (including phenoxy) is 1. The number of carbonyl (C=O) groups excluding carboxylic acids is 2. The van der Waals surface area contributed by atoms with E-state index in [0.29, 0.717) is 18.8 Å². The van der Waals surface area contributed by atoms with Gasteiger partial charge in [-0.2, -0.15) is 0 Å². The first kappa shape index (κ1) is 32.6. The first-order valence-corrected chi connectivity index (χ1v) is 15.4. The molecule has 0 aromatic heterocycles. The number of hydrogen-bond acceptors (Lipinski definition) is 5. The van der Waals surface area contributed by atoms with Crippen molar-refractivity contribution in [3.05, 3.63) is 89.7 Å². The minimum Gasteiger partial charge on any atom is -0.494 e. The highest BCUT2D eigenvalue weighted by molar-refractivity contribution is 7.92. The van der Waals surface area contributed by atoms with E-state index in [4.69, 9.17) is 4.74 Å². The van der Waals surface area contributed by atoms with Gasteiger partial charge in [-0.1, -0.05) is 36.8 Å². The molecule has 3 aromatic carbocycles. The molecule has 1 atom stereocenters. The number of aryl methyl sites for hydroxylation is 1. The molecule has 0 fully saturated rings. The summed E-state index contributed by atoms with van der Waals surface area (Å²) in [5.41, 5.74) is 1.35. The number of sulfonamides is 1. The molecular formula is C32H40FN3O5S. The molecule has 0 unspecified atom stereocenters. The Morgan fingerprint density at radius 2 is 1.62 bits per heavy atom. The maximum Gasteiger partial charge on any atom is 0.264 e. The lowest BCUT2D eigenvalue weighted by molar-refractivity contribution is -0.141. The number of nitrogens with zero attached hydrogens (tertiary/aromatic N) is 2. The van der Waals surface area contributed by atoms with E-state index in [-0.39, 0.29) is 23.0 Å². The molecule has 0 radical (unpaired) electrons. The molecule has 0 spiro atoms. The number of nitrogens with one attached hydrogen (secondary N) is 1. The van der Waals surface area contributed by atoms with E-state index < -0.39 is 39.9 Å². The van der Waals surface area contributed by atoms with Gasteiger partial charge in [-0.3, -0.25) is 13.9 Å². The van der Waals surface area contributed by atoms with Crippen LogP contribution in [-0.4, -0.2) is 49.9 Å². The Morgan fingerprint density at radius 1 is 0.976 bits per heavy atom. The molecule has 1 N–H and O–H groups in total. The van der Waals surface area contributed by atoms with Crippen molar-refractivity contribution in [2.45, 2.75) is 71.0 Å². The van der Waals surface area contributed by atoms with E-state index in [1.165, 1.54) is 41.3 Å². The van der Waals surface area contributed by atoms with Crippen molar-refractivity contribution in [2.24, 2.45) is 0 Å². The van der Waals surface area contributed by atoms with Gasteiger partial charge >= 0.3 is 0 Å². The smallest absolute Gasteiger partial charge is 0.264 e. The Hall–Kier alpha value is -3.92. The second kappa shape index (κ2) is 13.8. The van der Waals surface area contributed by atoms with Crippen molar-refractivity contribution >= 4 is 27.5 Å². The number of benzene rings is 3. The Kier molecular flexibility index (Phi) is 10.7. The van der Waals surface area contributed by atoms with Crippen molar-refractivity contribution in [1.82, 2.24) is 10.2 Å². The summed E-state index contributed by atoms with van der Waals surface area (Å²) in [6.45, 7) is 11.0. The lowest BCUT2D eigenvalue weighted by Crippen LogP contribution is -2.55. The summed E-state index contributed by atoms with van der Waals surface area (Å²) in [6.07, 6.45) is 0.307. The Labute approximate surface area is 248 Å². The highest BCUT2D eigenvalue weighted by Crippen LogP contribution is 2.26. The van der Waals surface area contributed by atoms with Crippen LogP contribution in [0, 0.1) is 12.7 Å². The molecule has 3 aromatic rings. The third-order valence-corrected chi connectivity index (χ3v) is 8.22. The number of halogens is 1. The number of rotatable bonds is 12. The van der Waals surface area contributed by atoms with Crippen LogP contribution in [0.2, 0.25) is 0 Å². The van der Waals surface area contributed by atoms with Gasteiger partial charge in [0.25, 0.3) is 10.0 Å². The van der Waals surface area contributed by atoms with E-state index in [2.05, 4.69) is 5.32 Å². The fourth-order valence-corrected chi connectivity index (χ4v) is 5.93. The van der Waals surface area contributed by atoms with Gasteiger partial charge in [-0.15, -0.1) is 0 Å². The molecule has 0 aliphatic carbocycles. The van der Waals surface area contributed by atoms with Gasteiger partial charge in [0.05, 0.1) is 17.2 Å². The van der Waals surface area contributed by atoms with Crippen molar-refractivity contribution in [1.29, 1.82) is 0 Å². The van der Waals surface area contributed by atoms with E-state index in [0.717, 1.165) is 27.6 Å². The monoisotopic (exact) mass is 597 g/mol. The molecule has 226 valence electrons. The third-order valence-electron chi connectivity index (χ3n) is 6.44. The topological polar surface area (TPSA) is 96.0 Å². The largest absolute Gasteiger partial charge is 0.494 e. The van der Waals surface area contributed by atoms with Gasteiger partial charge < -0.3 is 15.0 Å². The molecule has 8 nitrogen and oxygen atoms in total. The first-order valence-electron chi connectivity index (χ1n) is 13.9. The molecule has 0 bridgehead atoms. The fourth-order valence-electron chi connectivity index (χ4n) is 4.52. The Bertz CT molecular complexity index is 1470. The average Bonchev–Trinajstić information content (AvgIpc) is 2.91. The van der Waals surface area contributed by atoms with Crippen molar-refractivity contribution in [2.75, 3.05) is 17.5 Å². The second-order valence-electron chi connectivity index (χ2n) is 11.1. The zero-order chi connectivity index (χ0) is 31.1. The second-order valence-corrected chi connectivity index (χ2v) is 12.9. The van der Waals surface area contributed by atoms with Crippen LogP contribution in [0.3, 0.4) is 0 Å². The molecule has 10 heteroatoms. The fraction of sp³-hybridized carbons (Fsp3) is 0.375. The van der Waals surface area contributed by atoms with E-state index >= 15 is 0 Å². The minimum atomic E-state index is -4.28. The molecule has 42 heavy (non-hydrogen) atoms. The molecule has 0 aliphatic rings. The van der Waals surface area contributed by atoms with Gasteiger partial charge in [0.2, 0.25) is 11.8 Å². The maximum atomic E-state index is 14.1. The van der Waals surface area contributed by atoms with Gasteiger partial charge in [0, 0.05) is 12.1 Å². The Morgan fingerprint density at radius 3 is 2.17 bits per heavy atom. The summed E-state index contributed by atoms with van der Waals surface area (Å²) in [5.74, 6) is -0.963. The van der Waals surface area contributed by atoms with Crippen LogP contribution in [0.4, 0.5) is 10.1 Å². The summed E-state index contributed by atoms with van der Waals surface area (Å²) in [4.78, 5) is 28.9. The summed E-state index contributed by atoms with van der Waals surface area (Å²) in [5, 5.41) is 2.95. The summed E-state index contributed by atoms with van der Waals surface area (Å²) in [7, 11) is -4.28. The number of anilines is 1. The van der Waals surface area contributed by atoms with Crippen molar-refractivity contribution < 1.29 is 27.1 Å². The maximum absolute atomic E-state index is 14.1. The zero-order valence-electron chi connectivity index (χ0n) is 25.1. The summed E-state index contributed by atoms with van der Waals surface area (Å²) in [6, 6.07) is 17.5. The molecule has 2 amide bonds. The first-order chi connectivity index (χ1) is 19.7. The molecule has 0 aliphatic heterocycles. The van der Waals surface area contributed by atoms with Crippen LogP contribution in [0.15, 0.2) is 77.7 Å².